The molecule has 0 radical (unpaired) electrons. The lowest BCUT2D eigenvalue weighted by Gasteiger charge is -2.44. The Morgan fingerprint density at radius 3 is 1.97 bits per heavy atom. The average Bonchev–Trinajstić information content (AvgIpc) is 3.29. The smallest absolute Gasteiger partial charge is 0.187 e. The van der Waals surface area contributed by atoms with Gasteiger partial charge in [-0.3, -0.25) is 0 Å². The first-order valence-electron chi connectivity index (χ1n) is 11.6. The lowest BCUT2D eigenvalue weighted by Crippen LogP contribution is -2.59. The lowest BCUT2D eigenvalue weighted by molar-refractivity contribution is -0.329. The summed E-state index contributed by atoms with van der Waals surface area (Å²) in [4.78, 5) is 0. The summed E-state index contributed by atoms with van der Waals surface area (Å²) >= 11 is 0. The van der Waals surface area contributed by atoms with E-state index in [-0.39, 0.29) is 0 Å². The van der Waals surface area contributed by atoms with Crippen LogP contribution >= 0.6 is 0 Å². The van der Waals surface area contributed by atoms with E-state index >= 15 is 0 Å². The first kappa shape index (κ1) is 29.0. The molecule has 14 heteroatoms. The second-order valence-electron chi connectivity index (χ2n) is 9.23. The maximum atomic E-state index is 10.8. The van der Waals surface area contributed by atoms with Crippen LogP contribution in [0.25, 0.3) is 0 Å². The van der Waals surface area contributed by atoms with Crippen molar-refractivity contribution in [3.05, 3.63) is 0 Å². The third-order valence-corrected chi connectivity index (χ3v) is 6.92. The quantitative estimate of drug-likeness (QED) is 0.138. The molecule has 0 amide bonds. The second kappa shape index (κ2) is 12.3. The predicted molar refractivity (Wildman–Crippen MR) is 113 cm³/mol. The van der Waals surface area contributed by atoms with Crippen molar-refractivity contribution in [1.82, 2.24) is 0 Å². The van der Waals surface area contributed by atoms with Gasteiger partial charge in [-0.25, -0.2) is 0 Å². The van der Waals surface area contributed by atoms with Gasteiger partial charge in [-0.1, -0.05) is 6.92 Å². The maximum Gasteiger partial charge on any atom is 0.187 e. The summed E-state index contributed by atoms with van der Waals surface area (Å²) in [5.74, 6) is -0.772. The molecule has 3 saturated heterocycles. The van der Waals surface area contributed by atoms with Crippen molar-refractivity contribution in [3.63, 3.8) is 0 Å². The molecule has 0 spiro atoms. The lowest BCUT2D eigenvalue weighted by atomic mass is 9.91. The van der Waals surface area contributed by atoms with Crippen LogP contribution in [0, 0.1) is 5.92 Å². The molecule has 3 fully saturated rings. The highest BCUT2D eigenvalue weighted by molar-refractivity contribution is 4.97. The molecule has 15 atom stereocenters. The first-order valence-corrected chi connectivity index (χ1v) is 11.6. The van der Waals surface area contributed by atoms with Gasteiger partial charge in [0.05, 0.1) is 32.0 Å². The fourth-order valence-corrected chi connectivity index (χ4v) is 4.72. The van der Waals surface area contributed by atoms with E-state index in [1.54, 1.807) is 13.8 Å². The Balaban J connectivity index is 1.76. The normalized spacial score (nSPS) is 48.3. The Labute approximate surface area is 202 Å². The van der Waals surface area contributed by atoms with Gasteiger partial charge in [0.2, 0.25) is 0 Å². The molecular weight excluding hydrogens is 476 g/mol. The number of hydrogen-bond acceptors (Lipinski definition) is 14. The van der Waals surface area contributed by atoms with Crippen LogP contribution in [0.15, 0.2) is 0 Å². The van der Waals surface area contributed by atoms with Crippen LogP contribution in [-0.2, 0) is 28.4 Å². The van der Waals surface area contributed by atoms with E-state index in [9.17, 15) is 40.9 Å². The van der Waals surface area contributed by atoms with E-state index in [0.717, 1.165) is 0 Å². The number of rotatable bonds is 10. The molecule has 0 aromatic rings. The van der Waals surface area contributed by atoms with E-state index in [4.69, 9.17) is 28.4 Å². The molecule has 3 aliphatic heterocycles. The number of hydrogen-bond donors (Lipinski definition) is 8. The van der Waals surface area contributed by atoms with Crippen molar-refractivity contribution in [3.8, 4) is 0 Å². The van der Waals surface area contributed by atoms with Gasteiger partial charge < -0.3 is 69.3 Å². The van der Waals surface area contributed by atoms with E-state index in [0.29, 0.717) is 0 Å². The number of ether oxygens (including phenoxy) is 6. The van der Waals surface area contributed by atoms with E-state index < -0.39 is 112 Å². The van der Waals surface area contributed by atoms with Gasteiger partial charge in [-0.15, -0.1) is 0 Å². The molecule has 14 nitrogen and oxygen atoms in total. The monoisotopic (exact) mass is 514 g/mol. The molecular formula is C21H38O14. The minimum absolute atomic E-state index is 0.485. The SMILES string of the molecule is CO[C@H](CO)[C@@H]1O[C@@H](O[C@@H]2C(C)[C@H](O[C@H]3C(O)[C@@H](C)O[C@H]3[C@H](O)CO)OC(CO)[C@H]2O)C(O)[C@@H]1O. The summed E-state index contributed by atoms with van der Waals surface area (Å²) in [6.45, 7) is 1.43. The van der Waals surface area contributed by atoms with Crippen molar-refractivity contribution < 1.29 is 69.3 Å². The number of aliphatic hydroxyl groups is 8. The Morgan fingerprint density at radius 1 is 0.743 bits per heavy atom. The van der Waals surface area contributed by atoms with Crippen LogP contribution in [0.1, 0.15) is 13.8 Å². The van der Waals surface area contributed by atoms with Crippen LogP contribution in [0.2, 0.25) is 0 Å². The van der Waals surface area contributed by atoms with Gasteiger partial charge in [0.15, 0.2) is 12.6 Å². The number of aliphatic hydroxyl groups excluding tert-OH is 8. The summed E-state index contributed by atoms with van der Waals surface area (Å²) in [5.41, 5.74) is 0. The Morgan fingerprint density at radius 2 is 1.40 bits per heavy atom. The zero-order valence-corrected chi connectivity index (χ0v) is 19.8. The van der Waals surface area contributed by atoms with E-state index in [2.05, 4.69) is 0 Å². The van der Waals surface area contributed by atoms with Crippen LogP contribution < -0.4 is 0 Å². The average molecular weight is 515 g/mol. The van der Waals surface area contributed by atoms with Gasteiger partial charge in [0.25, 0.3) is 0 Å². The van der Waals surface area contributed by atoms with Crippen molar-refractivity contribution >= 4 is 0 Å². The third-order valence-electron chi connectivity index (χ3n) is 6.92. The molecule has 4 unspecified atom stereocenters. The summed E-state index contributed by atoms with van der Waals surface area (Å²) in [6, 6.07) is 0. The minimum atomic E-state index is -1.53. The summed E-state index contributed by atoms with van der Waals surface area (Å²) < 4.78 is 33.6. The zero-order chi connectivity index (χ0) is 26.0. The molecule has 0 aromatic carbocycles. The maximum absolute atomic E-state index is 10.8. The largest absolute Gasteiger partial charge is 0.394 e. The molecule has 3 aliphatic rings. The molecule has 3 heterocycles. The molecule has 35 heavy (non-hydrogen) atoms. The van der Waals surface area contributed by atoms with Gasteiger partial charge >= 0.3 is 0 Å². The molecule has 0 saturated carbocycles. The second-order valence-corrected chi connectivity index (χ2v) is 9.23. The minimum Gasteiger partial charge on any atom is -0.394 e. The Hall–Kier alpha value is -0.560. The van der Waals surface area contributed by atoms with Crippen LogP contribution in [-0.4, -0.2) is 154 Å². The molecule has 0 aliphatic carbocycles. The highest BCUT2D eigenvalue weighted by Gasteiger charge is 2.53. The van der Waals surface area contributed by atoms with Gasteiger partial charge in [0, 0.05) is 13.0 Å². The zero-order valence-electron chi connectivity index (χ0n) is 19.8. The predicted octanol–water partition coefficient (Wildman–Crippen LogP) is -4.57. The highest BCUT2D eigenvalue weighted by Crippen LogP contribution is 2.36. The third kappa shape index (κ3) is 5.81. The topological polar surface area (TPSA) is 217 Å². The van der Waals surface area contributed by atoms with Gasteiger partial charge in [0.1, 0.15) is 61.0 Å². The van der Waals surface area contributed by atoms with Crippen molar-refractivity contribution in [2.45, 2.75) is 99.7 Å². The van der Waals surface area contributed by atoms with E-state index in [1.807, 2.05) is 0 Å². The molecule has 206 valence electrons. The standard InChI is InChI=1S/C21H38O14/c1-7-16(33-21-15(29)14(28)18(34-21)11(6-24)30-3)13(27)10(5-23)32-20(7)35-19-12(26)8(2)31-17(19)9(25)4-22/h7-29H,4-6H2,1-3H3/t7?,8-,9-,10?,11-,12?,13-,14+,15?,16-,17+,18+,19+,20+,21-/m1/s1. The summed E-state index contributed by atoms with van der Waals surface area (Å²) in [5, 5.41) is 80.7. The first-order chi connectivity index (χ1) is 16.6. The van der Waals surface area contributed by atoms with Gasteiger partial charge in [-0.2, -0.15) is 0 Å². The summed E-state index contributed by atoms with van der Waals surface area (Å²) in [6.07, 6.45) is -16.7. The fraction of sp³-hybridized carbons (Fsp3) is 1.00. The Kier molecular flexibility index (Phi) is 10.2. The summed E-state index contributed by atoms with van der Waals surface area (Å²) in [7, 11) is 1.30. The van der Waals surface area contributed by atoms with Crippen LogP contribution in [0.4, 0.5) is 0 Å². The highest BCUT2D eigenvalue weighted by atomic mass is 16.7. The molecule has 8 N–H and O–H groups in total. The molecule has 0 bridgehead atoms. The van der Waals surface area contributed by atoms with Crippen LogP contribution in [0.5, 0.6) is 0 Å². The van der Waals surface area contributed by atoms with E-state index in [1.165, 1.54) is 7.11 Å². The Bertz CT molecular complexity index is 652. The van der Waals surface area contributed by atoms with Crippen molar-refractivity contribution in [2.24, 2.45) is 5.92 Å². The van der Waals surface area contributed by atoms with Crippen LogP contribution in [0.3, 0.4) is 0 Å². The molecule has 3 rings (SSSR count). The fourth-order valence-electron chi connectivity index (χ4n) is 4.72. The van der Waals surface area contributed by atoms with Crippen molar-refractivity contribution in [1.29, 1.82) is 0 Å². The molecule has 0 aromatic heterocycles. The van der Waals surface area contributed by atoms with Gasteiger partial charge in [-0.05, 0) is 6.92 Å². The van der Waals surface area contributed by atoms with Crippen molar-refractivity contribution in [2.75, 3.05) is 26.9 Å². The number of methoxy groups -OCH3 is 1.